The number of carboxylic acids is 1. The van der Waals surface area contributed by atoms with Gasteiger partial charge in [-0.3, -0.25) is 9.59 Å². The fourth-order valence-electron chi connectivity index (χ4n) is 2.18. The number of carbonyl (C=O) groups is 2. The Morgan fingerprint density at radius 1 is 1.27 bits per heavy atom. The lowest BCUT2D eigenvalue weighted by Gasteiger charge is -2.31. The Hall–Kier alpha value is -2.25. The molecule has 0 spiro atoms. The highest BCUT2D eigenvalue weighted by molar-refractivity contribution is 5.94. The van der Waals surface area contributed by atoms with Crippen molar-refractivity contribution in [2.45, 2.75) is 24.7 Å². The smallest absolute Gasteiger partial charge is 0.306 e. The Morgan fingerprint density at radius 2 is 2.00 bits per heavy atom. The molecule has 1 heterocycles. The van der Waals surface area contributed by atoms with Gasteiger partial charge in [-0.25, -0.2) is 4.39 Å². The third-order valence-corrected chi connectivity index (χ3v) is 3.26. The number of benzene rings is 1. The van der Waals surface area contributed by atoms with Gasteiger partial charge in [0.15, 0.2) is 0 Å². The summed E-state index contributed by atoms with van der Waals surface area (Å²) in [5, 5.41) is 20.6. The molecule has 1 aliphatic rings. The molecule has 118 valence electrons. The van der Waals surface area contributed by atoms with Gasteiger partial charge in [0, 0.05) is 0 Å². The molecule has 0 radical (unpaired) electrons. The molecule has 7 heteroatoms. The highest BCUT2D eigenvalue weighted by Gasteiger charge is 2.29. The number of aliphatic hydroxyl groups excluding tert-OH is 1. The molecule has 1 aliphatic heterocycles. The first-order chi connectivity index (χ1) is 10.5. The van der Waals surface area contributed by atoms with Gasteiger partial charge in [0.2, 0.25) is 0 Å². The molecule has 0 fully saturated rings. The van der Waals surface area contributed by atoms with Gasteiger partial charge in [-0.1, -0.05) is 24.3 Å². The number of carbonyl (C=O) groups excluding carboxylic acids is 1. The van der Waals surface area contributed by atoms with E-state index in [9.17, 15) is 19.1 Å². The predicted molar refractivity (Wildman–Crippen MR) is 74.8 cm³/mol. The van der Waals surface area contributed by atoms with Crippen LogP contribution in [-0.4, -0.2) is 46.9 Å². The number of hydrogen-bond acceptors (Lipinski definition) is 4. The van der Waals surface area contributed by atoms with Crippen molar-refractivity contribution in [2.24, 2.45) is 0 Å². The number of ether oxygens (including phenoxy) is 1. The minimum atomic E-state index is -1.03. The fourth-order valence-corrected chi connectivity index (χ4v) is 2.18. The van der Waals surface area contributed by atoms with Crippen molar-refractivity contribution in [3.05, 3.63) is 47.8 Å². The maximum absolute atomic E-state index is 13.6. The molecule has 1 aromatic rings. The Bertz CT molecular complexity index is 589. The maximum atomic E-state index is 13.6. The summed E-state index contributed by atoms with van der Waals surface area (Å²) in [5.41, 5.74) is -0.111. The molecule has 2 rings (SSSR count). The summed E-state index contributed by atoms with van der Waals surface area (Å²) in [5.74, 6) is -2.31. The van der Waals surface area contributed by atoms with E-state index in [1.54, 1.807) is 6.08 Å². The summed E-state index contributed by atoms with van der Waals surface area (Å²) in [6.45, 7) is -0.400. The van der Waals surface area contributed by atoms with Crippen LogP contribution < -0.4 is 5.32 Å². The number of nitrogens with one attached hydrogen (secondary N) is 1. The van der Waals surface area contributed by atoms with Crippen molar-refractivity contribution in [3.8, 4) is 0 Å². The molecule has 3 atom stereocenters. The Balaban J connectivity index is 2.07. The van der Waals surface area contributed by atoms with Crippen LogP contribution in [0.4, 0.5) is 4.39 Å². The molecule has 22 heavy (non-hydrogen) atoms. The number of aliphatic carboxylic acids is 1. The second-order valence-electron chi connectivity index (χ2n) is 4.86. The zero-order valence-electron chi connectivity index (χ0n) is 11.6. The molecule has 6 nitrogen and oxygen atoms in total. The van der Waals surface area contributed by atoms with E-state index < -0.39 is 42.6 Å². The van der Waals surface area contributed by atoms with Gasteiger partial charge in [-0.2, -0.15) is 0 Å². The summed E-state index contributed by atoms with van der Waals surface area (Å²) < 4.78 is 19.0. The van der Waals surface area contributed by atoms with E-state index in [4.69, 9.17) is 9.84 Å². The van der Waals surface area contributed by atoms with Crippen molar-refractivity contribution < 1.29 is 28.9 Å². The van der Waals surface area contributed by atoms with Crippen LogP contribution in [0, 0.1) is 5.82 Å². The van der Waals surface area contributed by atoms with Crippen molar-refractivity contribution in [2.75, 3.05) is 6.61 Å². The largest absolute Gasteiger partial charge is 0.481 e. The average Bonchev–Trinajstić information content (AvgIpc) is 2.48. The second-order valence-corrected chi connectivity index (χ2v) is 4.86. The molecule has 0 saturated heterocycles. The quantitative estimate of drug-likeness (QED) is 0.696. The van der Waals surface area contributed by atoms with Gasteiger partial charge in [0.25, 0.3) is 5.91 Å². The standard InChI is InChI=1S/C15H16FNO5/c16-11-4-2-1-3-10(11)15(21)17-12-6-5-9(7-14(19)20)22-13(12)8-18/h1-6,9,12-13,18H,7-8H2,(H,17,21)(H,19,20)/t9-,12-,13-/m0/s1. The van der Waals surface area contributed by atoms with Gasteiger partial charge < -0.3 is 20.3 Å². The second kappa shape index (κ2) is 7.15. The molecule has 0 unspecified atom stereocenters. The summed E-state index contributed by atoms with van der Waals surface area (Å²) in [6.07, 6.45) is 1.37. The number of rotatable bonds is 5. The number of carboxylic acid groups (broad SMARTS) is 1. The maximum Gasteiger partial charge on any atom is 0.306 e. The van der Waals surface area contributed by atoms with E-state index in [0.717, 1.165) is 0 Å². The first-order valence-corrected chi connectivity index (χ1v) is 6.73. The summed E-state index contributed by atoms with van der Waals surface area (Å²) in [7, 11) is 0. The van der Waals surface area contributed by atoms with E-state index >= 15 is 0 Å². The van der Waals surface area contributed by atoms with Gasteiger partial charge >= 0.3 is 5.97 Å². The van der Waals surface area contributed by atoms with Crippen LogP contribution in [0.1, 0.15) is 16.8 Å². The zero-order chi connectivity index (χ0) is 16.1. The molecule has 0 aromatic heterocycles. The summed E-state index contributed by atoms with van der Waals surface area (Å²) in [6, 6.07) is 4.87. The Kier molecular flexibility index (Phi) is 5.24. The van der Waals surface area contributed by atoms with Gasteiger partial charge in [-0.15, -0.1) is 0 Å². The molecular weight excluding hydrogens is 293 g/mol. The van der Waals surface area contributed by atoms with Crippen LogP contribution in [0.5, 0.6) is 0 Å². The number of aliphatic hydroxyl groups is 1. The van der Waals surface area contributed by atoms with E-state index in [-0.39, 0.29) is 12.0 Å². The third-order valence-electron chi connectivity index (χ3n) is 3.26. The van der Waals surface area contributed by atoms with Crippen LogP contribution in [0.25, 0.3) is 0 Å². The van der Waals surface area contributed by atoms with Crippen LogP contribution in [-0.2, 0) is 9.53 Å². The SMILES string of the molecule is O=C(O)C[C@@H]1C=C[C@H](NC(=O)c2ccccc2F)[C@H](CO)O1. The number of hydrogen-bond donors (Lipinski definition) is 3. The van der Waals surface area contributed by atoms with Crippen molar-refractivity contribution >= 4 is 11.9 Å². The van der Waals surface area contributed by atoms with Gasteiger partial charge in [0.05, 0.1) is 30.7 Å². The number of halogens is 1. The molecule has 1 aromatic carbocycles. The third kappa shape index (κ3) is 3.90. The Labute approximate surface area is 126 Å². The lowest BCUT2D eigenvalue weighted by Crippen LogP contribution is -2.48. The van der Waals surface area contributed by atoms with Crippen LogP contribution >= 0.6 is 0 Å². The molecule has 0 bridgehead atoms. The first-order valence-electron chi connectivity index (χ1n) is 6.73. The van der Waals surface area contributed by atoms with Crippen molar-refractivity contribution in [1.82, 2.24) is 5.32 Å². The van der Waals surface area contributed by atoms with Gasteiger partial charge in [-0.05, 0) is 12.1 Å². The van der Waals surface area contributed by atoms with E-state index in [0.29, 0.717) is 0 Å². The summed E-state index contributed by atoms with van der Waals surface area (Å²) in [4.78, 5) is 22.7. The van der Waals surface area contributed by atoms with Crippen molar-refractivity contribution in [1.29, 1.82) is 0 Å². The molecule has 3 N–H and O–H groups in total. The topological polar surface area (TPSA) is 95.9 Å². The zero-order valence-corrected chi connectivity index (χ0v) is 11.6. The highest BCUT2D eigenvalue weighted by Crippen LogP contribution is 2.16. The normalized spacial score (nSPS) is 24.0. The average molecular weight is 309 g/mol. The van der Waals surface area contributed by atoms with Crippen molar-refractivity contribution in [3.63, 3.8) is 0 Å². The Morgan fingerprint density at radius 3 is 2.64 bits per heavy atom. The number of amides is 1. The van der Waals surface area contributed by atoms with Gasteiger partial charge in [0.1, 0.15) is 11.9 Å². The minimum Gasteiger partial charge on any atom is -0.481 e. The first kappa shape index (κ1) is 16.1. The van der Waals surface area contributed by atoms with Crippen LogP contribution in [0.3, 0.4) is 0 Å². The molecule has 1 amide bonds. The molecule has 0 saturated carbocycles. The van der Waals surface area contributed by atoms with E-state index in [2.05, 4.69) is 5.32 Å². The molecular formula is C15H16FNO5. The molecule has 0 aliphatic carbocycles. The van der Waals surface area contributed by atoms with E-state index in [1.807, 2.05) is 0 Å². The predicted octanol–water partition coefficient (Wildman–Crippen LogP) is 0.715. The summed E-state index contributed by atoms with van der Waals surface area (Å²) >= 11 is 0. The fraction of sp³-hybridized carbons (Fsp3) is 0.333. The van der Waals surface area contributed by atoms with Crippen LogP contribution in [0.15, 0.2) is 36.4 Å². The lowest BCUT2D eigenvalue weighted by molar-refractivity contribution is -0.141. The van der Waals surface area contributed by atoms with Crippen LogP contribution in [0.2, 0.25) is 0 Å². The monoisotopic (exact) mass is 309 g/mol. The lowest BCUT2D eigenvalue weighted by atomic mass is 10.0. The highest BCUT2D eigenvalue weighted by atomic mass is 19.1. The minimum absolute atomic E-state index is 0.111. The van der Waals surface area contributed by atoms with E-state index in [1.165, 1.54) is 30.3 Å².